The molecule has 0 radical (unpaired) electrons. The molecule has 0 atom stereocenters. The predicted octanol–water partition coefficient (Wildman–Crippen LogP) is 0.465. The zero-order chi connectivity index (χ0) is 17.8. The Morgan fingerprint density at radius 2 is 1.38 bits per heavy atom. The number of nitrogens with zero attached hydrogens (tertiary/aromatic N) is 3. The van der Waals surface area contributed by atoms with E-state index in [0.717, 1.165) is 8.95 Å². The highest BCUT2D eigenvalue weighted by Crippen LogP contribution is 2.12. The van der Waals surface area contributed by atoms with Crippen molar-refractivity contribution >= 4 is 43.4 Å². The molecule has 0 aliphatic carbocycles. The van der Waals surface area contributed by atoms with Crippen LogP contribution in [-0.2, 0) is 13.1 Å². The minimum Gasteiger partial charge on any atom is -1.00 e. The number of aromatic nitrogens is 3. The molecule has 0 spiro atoms. The molecule has 0 fully saturated rings. The van der Waals surface area contributed by atoms with Crippen LogP contribution < -0.4 is 17.0 Å². The zero-order valence-electron chi connectivity index (χ0n) is 13.5. The van der Waals surface area contributed by atoms with Crippen molar-refractivity contribution in [3.8, 4) is 0 Å². The third kappa shape index (κ3) is 5.33. The minimum atomic E-state index is -0.0398. The van der Waals surface area contributed by atoms with E-state index in [-0.39, 0.29) is 37.1 Å². The van der Waals surface area contributed by atoms with Gasteiger partial charge >= 0.3 is 0 Å². The van der Waals surface area contributed by atoms with E-state index in [1.54, 1.807) is 41.5 Å². The molecule has 0 N–H and O–H groups in total. The lowest BCUT2D eigenvalue weighted by molar-refractivity contribution is -0.683. The van der Waals surface area contributed by atoms with Gasteiger partial charge < -0.3 is 12.4 Å². The van der Waals surface area contributed by atoms with Crippen LogP contribution in [-0.4, -0.2) is 21.3 Å². The lowest BCUT2D eigenvalue weighted by atomic mass is 10.1. The molecule has 0 saturated heterocycles. The average molecular weight is 500 g/mol. The number of Topliss-reactive ketones (excluding diaryl/α,β-unsaturated/α-hetero) is 2. The Hall–Kier alpha value is -1.83. The molecule has 3 rings (SSSR count). The molecule has 0 aliphatic heterocycles. The highest BCUT2D eigenvalue weighted by molar-refractivity contribution is 9.10. The third-order valence-electron chi connectivity index (χ3n) is 3.59. The molecule has 134 valence electrons. The summed E-state index contributed by atoms with van der Waals surface area (Å²) in [7, 11) is 0. The number of rotatable bonds is 6. The lowest BCUT2D eigenvalue weighted by Crippen LogP contribution is -3.00. The first-order valence-electron chi connectivity index (χ1n) is 7.50. The second kappa shape index (κ2) is 9.21. The Kier molecular flexibility index (Phi) is 7.25. The molecule has 8 heteroatoms. The summed E-state index contributed by atoms with van der Waals surface area (Å²) in [4.78, 5) is 24.5. The van der Waals surface area contributed by atoms with Gasteiger partial charge in [-0.2, -0.15) is 0 Å². The Bertz CT molecular complexity index is 835. The average Bonchev–Trinajstić information content (AvgIpc) is 3.02. The van der Waals surface area contributed by atoms with Crippen LogP contribution >= 0.6 is 31.9 Å². The predicted molar refractivity (Wildman–Crippen MR) is 99.4 cm³/mol. The number of hydrogen-bond acceptors (Lipinski definition) is 3. The van der Waals surface area contributed by atoms with Gasteiger partial charge in [-0.25, -0.2) is 4.57 Å². The van der Waals surface area contributed by atoms with Gasteiger partial charge in [0, 0.05) is 25.2 Å². The van der Waals surface area contributed by atoms with Crippen molar-refractivity contribution in [3.05, 3.63) is 81.3 Å². The Morgan fingerprint density at radius 3 is 1.92 bits per heavy atom. The van der Waals surface area contributed by atoms with Gasteiger partial charge in [0.15, 0.2) is 18.1 Å². The summed E-state index contributed by atoms with van der Waals surface area (Å²) >= 11 is 6.69. The summed E-state index contributed by atoms with van der Waals surface area (Å²) in [6.07, 6.45) is 3.21. The first kappa shape index (κ1) is 20.5. The van der Waals surface area contributed by atoms with Crippen molar-refractivity contribution in [1.29, 1.82) is 0 Å². The first-order valence-corrected chi connectivity index (χ1v) is 9.09. The topological polar surface area (TPSA) is 55.8 Å². The number of ketones is 2. The Morgan fingerprint density at radius 1 is 0.885 bits per heavy atom. The van der Waals surface area contributed by atoms with Crippen LogP contribution in [0.2, 0.25) is 0 Å². The smallest absolute Gasteiger partial charge is 0.265 e. The summed E-state index contributed by atoms with van der Waals surface area (Å²) < 4.78 is 5.04. The Labute approximate surface area is 173 Å². The van der Waals surface area contributed by atoms with E-state index >= 15 is 0 Å². The van der Waals surface area contributed by atoms with Crippen LogP contribution in [0.4, 0.5) is 0 Å². The fraction of sp³-hybridized carbons (Fsp3) is 0.111. The molecule has 0 bridgehead atoms. The molecule has 0 saturated carbocycles. The quantitative estimate of drug-likeness (QED) is 0.366. The number of hydrogen-bond donors (Lipinski definition) is 0. The number of carbonyl (C=O) groups is 2. The Balaban J connectivity index is 0.00000243. The van der Waals surface area contributed by atoms with Crippen molar-refractivity contribution in [2.75, 3.05) is 0 Å². The van der Waals surface area contributed by atoms with Crippen molar-refractivity contribution in [3.63, 3.8) is 0 Å². The largest absolute Gasteiger partial charge is 1.00 e. The maximum absolute atomic E-state index is 12.3. The number of halogens is 3. The highest BCUT2D eigenvalue weighted by atomic mass is 79.9. The summed E-state index contributed by atoms with van der Waals surface area (Å²) in [5.41, 5.74) is 1.26. The molecule has 0 amide bonds. The van der Waals surface area contributed by atoms with Gasteiger partial charge in [0.1, 0.15) is 6.54 Å². The van der Waals surface area contributed by atoms with Crippen molar-refractivity contribution in [1.82, 2.24) is 9.78 Å². The highest BCUT2D eigenvalue weighted by Gasteiger charge is 2.15. The van der Waals surface area contributed by atoms with Crippen LogP contribution in [0.3, 0.4) is 0 Å². The van der Waals surface area contributed by atoms with E-state index < -0.39 is 0 Å². The molecule has 5 nitrogen and oxygen atoms in total. The SMILES string of the molecule is O=C(Cn1c[n+](CC(=O)c2ccc(Br)cc2)cn1)c1ccc(Br)cc1.[Cl-]. The summed E-state index contributed by atoms with van der Waals surface area (Å²) in [6.45, 7) is 0.301. The number of carbonyl (C=O) groups excluding carboxylic acids is 2. The fourth-order valence-corrected chi connectivity index (χ4v) is 2.82. The first-order chi connectivity index (χ1) is 12.0. The summed E-state index contributed by atoms with van der Waals surface area (Å²) in [5, 5.41) is 4.15. The van der Waals surface area contributed by atoms with Crippen LogP contribution in [0.1, 0.15) is 20.7 Å². The molecule has 26 heavy (non-hydrogen) atoms. The molecular formula is C18H14Br2ClN3O2. The van der Waals surface area contributed by atoms with Gasteiger partial charge in [-0.15, -0.1) is 4.68 Å². The molecule has 1 heterocycles. The van der Waals surface area contributed by atoms with Crippen molar-refractivity contribution in [2.24, 2.45) is 0 Å². The second-order valence-corrected chi connectivity index (χ2v) is 7.31. The van der Waals surface area contributed by atoms with Gasteiger partial charge in [-0.3, -0.25) is 9.59 Å². The molecule has 2 aromatic carbocycles. The molecule has 0 aliphatic rings. The van der Waals surface area contributed by atoms with Crippen LogP contribution in [0.15, 0.2) is 70.1 Å². The molecule has 1 aromatic heterocycles. The van der Waals surface area contributed by atoms with Crippen LogP contribution in [0.25, 0.3) is 0 Å². The van der Waals surface area contributed by atoms with E-state index in [9.17, 15) is 9.59 Å². The minimum absolute atomic E-state index is 0. The standard InChI is InChI=1S/C18H14Br2N3O2.ClH/c19-15-5-1-13(2-6-15)17(24)9-22-11-21-23(12-22)10-18(25)14-3-7-16(20)8-4-14;/h1-8,11-12H,9-10H2;1H/q+1;/p-1. The van der Waals surface area contributed by atoms with Crippen LogP contribution in [0.5, 0.6) is 0 Å². The van der Waals surface area contributed by atoms with E-state index in [2.05, 4.69) is 37.0 Å². The molecular weight excluding hydrogens is 485 g/mol. The third-order valence-corrected chi connectivity index (χ3v) is 4.65. The van der Waals surface area contributed by atoms with Gasteiger partial charge in [0.25, 0.3) is 6.33 Å². The van der Waals surface area contributed by atoms with Gasteiger partial charge in [-0.05, 0) is 24.3 Å². The summed E-state index contributed by atoms with van der Waals surface area (Å²) in [5.74, 6) is -0.0572. The maximum Gasteiger partial charge on any atom is 0.265 e. The van der Waals surface area contributed by atoms with Gasteiger partial charge in [-0.1, -0.05) is 56.1 Å². The number of benzene rings is 2. The normalized spacial score (nSPS) is 10.2. The molecule has 3 aromatic rings. The maximum atomic E-state index is 12.3. The van der Waals surface area contributed by atoms with Crippen molar-refractivity contribution in [2.45, 2.75) is 13.1 Å². The van der Waals surface area contributed by atoms with Crippen molar-refractivity contribution < 1.29 is 26.6 Å². The monoisotopic (exact) mass is 497 g/mol. The van der Waals surface area contributed by atoms with E-state index in [0.29, 0.717) is 11.1 Å². The second-order valence-electron chi connectivity index (χ2n) is 5.48. The van der Waals surface area contributed by atoms with E-state index in [4.69, 9.17) is 0 Å². The van der Waals surface area contributed by atoms with Gasteiger partial charge in [0.2, 0.25) is 6.33 Å². The molecule has 0 unspecified atom stereocenters. The lowest BCUT2D eigenvalue weighted by Gasteiger charge is -1.99. The fourth-order valence-electron chi connectivity index (χ4n) is 2.29. The van der Waals surface area contributed by atoms with Gasteiger partial charge in [0.05, 0.1) is 0 Å². The van der Waals surface area contributed by atoms with E-state index in [1.165, 1.54) is 4.68 Å². The van der Waals surface area contributed by atoms with E-state index in [1.807, 2.05) is 24.3 Å². The van der Waals surface area contributed by atoms with Crippen LogP contribution in [0, 0.1) is 0 Å². The zero-order valence-corrected chi connectivity index (χ0v) is 17.4. The summed E-state index contributed by atoms with van der Waals surface area (Å²) in [6, 6.07) is 14.4.